The molecule has 2 aliphatic rings. The Balaban J connectivity index is 1.46. The number of hydrogen-bond acceptors (Lipinski definition) is 0. The van der Waals surface area contributed by atoms with E-state index in [4.69, 9.17) is 0 Å². The van der Waals surface area contributed by atoms with Crippen LogP contribution in [0.25, 0.3) is 76.8 Å². The molecule has 0 bridgehead atoms. The number of aromatic amines is 2. The number of benzene rings is 8. The van der Waals surface area contributed by atoms with Gasteiger partial charge in [0.25, 0.3) is 0 Å². The van der Waals surface area contributed by atoms with Gasteiger partial charge in [0.05, 0.1) is 10.7 Å². The largest absolute Gasteiger partial charge is 0.354 e. The van der Waals surface area contributed by atoms with Gasteiger partial charge in [-0.25, -0.2) is 0 Å². The van der Waals surface area contributed by atoms with Gasteiger partial charge in [0, 0.05) is 33.0 Å². The molecule has 232 valence electrons. The molecule has 50 heavy (non-hydrogen) atoms. The molecule has 2 aliphatic carbocycles. The van der Waals surface area contributed by atoms with Crippen molar-refractivity contribution in [2.45, 2.75) is 0 Å². The lowest BCUT2D eigenvalue weighted by Crippen LogP contribution is -2.18. The average Bonchev–Trinajstić information content (AvgIpc) is 3.68. The zero-order valence-corrected chi connectivity index (χ0v) is 27.2. The fourth-order valence-electron chi connectivity index (χ4n) is 8.47. The smallest absolute Gasteiger partial charge is 0.0565 e. The Labute approximate surface area is 288 Å². The molecule has 0 radical (unpaired) electrons. The molecule has 2 nitrogen and oxygen atoms in total. The standard InChI is InChI=1S/C48H30N2/c1-3-15-31-27-43-41(25-29(31)13-1)47(45-37-21-9-5-17-33(37)34-18-6-10-22-38(34)45)50-44-28-32-16-4-2-14-30(32)26-42(44)48(49-43)46-39-23-11-7-19-35(39)36-20-8-12-24-40(36)46/h1-28,49-50H. The van der Waals surface area contributed by atoms with Crippen LogP contribution in [0.3, 0.4) is 0 Å². The number of nitrogens with one attached hydrogen (secondary N) is 2. The maximum atomic E-state index is 4.14. The number of aromatic nitrogens is 2. The normalized spacial score (nSPS) is 12.7. The molecule has 0 aliphatic heterocycles. The second kappa shape index (κ2) is 10.4. The Morgan fingerprint density at radius 2 is 0.520 bits per heavy atom. The first kappa shape index (κ1) is 27.3. The highest BCUT2D eigenvalue weighted by molar-refractivity contribution is 6.07. The highest BCUT2D eigenvalue weighted by atomic mass is 14.7. The quantitative estimate of drug-likeness (QED) is 0.166. The molecule has 1 aromatic heterocycles. The zero-order valence-electron chi connectivity index (χ0n) is 27.2. The van der Waals surface area contributed by atoms with Crippen LogP contribution in [-0.2, 0) is 0 Å². The molecule has 8 aromatic carbocycles. The van der Waals surface area contributed by atoms with Crippen molar-refractivity contribution in [1.29, 1.82) is 0 Å². The molecule has 9 aromatic rings. The Morgan fingerprint density at radius 3 is 0.840 bits per heavy atom. The SMILES string of the molecule is c1ccc2c(c1)C(=c1[nH]c3cc4ccccc4cc3c(=C3c4ccccc4-c4ccccc43)[nH]c3cc4ccccc4cc13)c1ccccc1-2. The van der Waals surface area contributed by atoms with Gasteiger partial charge in [-0.1, -0.05) is 146 Å². The van der Waals surface area contributed by atoms with Crippen molar-refractivity contribution in [3.63, 3.8) is 0 Å². The summed E-state index contributed by atoms with van der Waals surface area (Å²) in [7, 11) is 0. The fourth-order valence-corrected chi connectivity index (χ4v) is 8.47. The number of hydrogen-bond donors (Lipinski definition) is 2. The summed E-state index contributed by atoms with van der Waals surface area (Å²) < 4.78 is 0. The summed E-state index contributed by atoms with van der Waals surface area (Å²) >= 11 is 0. The molecule has 0 saturated heterocycles. The molecule has 0 unspecified atom stereocenters. The average molecular weight is 635 g/mol. The maximum absolute atomic E-state index is 4.14. The Bertz CT molecular complexity index is 2790. The molecule has 0 fully saturated rings. The van der Waals surface area contributed by atoms with Crippen molar-refractivity contribution in [3.05, 3.63) is 203 Å². The minimum Gasteiger partial charge on any atom is -0.354 e. The molecule has 0 spiro atoms. The molecule has 0 atom stereocenters. The zero-order chi connectivity index (χ0) is 32.8. The van der Waals surface area contributed by atoms with Gasteiger partial charge in [0.2, 0.25) is 0 Å². The molecular formula is C48H30N2. The summed E-state index contributed by atoms with van der Waals surface area (Å²) in [6, 6.07) is 62.1. The molecule has 0 amide bonds. The third-order valence-corrected chi connectivity index (χ3v) is 10.7. The van der Waals surface area contributed by atoms with E-state index in [-0.39, 0.29) is 0 Å². The van der Waals surface area contributed by atoms with Crippen LogP contribution in [0.5, 0.6) is 0 Å². The summed E-state index contributed by atoms with van der Waals surface area (Å²) in [5.74, 6) is 0. The summed E-state index contributed by atoms with van der Waals surface area (Å²) in [6.07, 6.45) is 0. The van der Waals surface area contributed by atoms with Crippen molar-refractivity contribution in [2.75, 3.05) is 0 Å². The van der Waals surface area contributed by atoms with E-state index in [0.717, 1.165) is 32.5 Å². The summed E-state index contributed by atoms with van der Waals surface area (Å²) in [4.78, 5) is 8.29. The van der Waals surface area contributed by atoms with Crippen LogP contribution in [0.4, 0.5) is 0 Å². The molecule has 0 saturated carbocycles. The van der Waals surface area contributed by atoms with Gasteiger partial charge in [0.1, 0.15) is 0 Å². The van der Waals surface area contributed by atoms with E-state index in [9.17, 15) is 0 Å². The van der Waals surface area contributed by atoms with Crippen LogP contribution >= 0.6 is 0 Å². The van der Waals surface area contributed by atoms with E-state index < -0.39 is 0 Å². The number of fused-ring (bicyclic) bond motifs is 10. The first-order valence-electron chi connectivity index (χ1n) is 17.3. The van der Waals surface area contributed by atoms with E-state index in [1.165, 1.54) is 77.2 Å². The minimum atomic E-state index is 1.07. The molecule has 2 heteroatoms. The van der Waals surface area contributed by atoms with E-state index in [1.54, 1.807) is 0 Å². The van der Waals surface area contributed by atoms with Gasteiger partial charge in [-0.15, -0.1) is 0 Å². The van der Waals surface area contributed by atoms with Crippen LogP contribution in [0.15, 0.2) is 170 Å². The van der Waals surface area contributed by atoms with Crippen LogP contribution in [0.1, 0.15) is 22.3 Å². The number of rotatable bonds is 0. The molecular weight excluding hydrogens is 605 g/mol. The third kappa shape index (κ3) is 3.90. The molecule has 1 heterocycles. The van der Waals surface area contributed by atoms with Crippen molar-refractivity contribution in [1.82, 2.24) is 9.97 Å². The van der Waals surface area contributed by atoms with Crippen molar-refractivity contribution in [3.8, 4) is 22.3 Å². The van der Waals surface area contributed by atoms with Gasteiger partial charge < -0.3 is 9.97 Å². The van der Waals surface area contributed by atoms with Gasteiger partial charge in [-0.05, 0) is 90.3 Å². The summed E-state index contributed by atoms with van der Waals surface area (Å²) in [5.41, 5.74) is 14.7. The second-order valence-corrected chi connectivity index (χ2v) is 13.4. The van der Waals surface area contributed by atoms with Crippen LogP contribution in [-0.4, -0.2) is 9.97 Å². The van der Waals surface area contributed by atoms with Crippen LogP contribution in [0, 0.1) is 0 Å². The topological polar surface area (TPSA) is 31.6 Å². The van der Waals surface area contributed by atoms with Gasteiger partial charge >= 0.3 is 0 Å². The van der Waals surface area contributed by atoms with E-state index in [1.807, 2.05) is 0 Å². The van der Waals surface area contributed by atoms with Crippen molar-refractivity contribution in [2.24, 2.45) is 0 Å². The lowest BCUT2D eigenvalue weighted by molar-refractivity contribution is 1.29. The van der Waals surface area contributed by atoms with Gasteiger partial charge in [-0.3, -0.25) is 0 Å². The second-order valence-electron chi connectivity index (χ2n) is 13.4. The first-order valence-corrected chi connectivity index (χ1v) is 17.3. The van der Waals surface area contributed by atoms with E-state index in [2.05, 4.69) is 180 Å². The predicted octanol–water partition coefficient (Wildman–Crippen LogP) is 10.5. The lowest BCUT2D eigenvalue weighted by atomic mass is 9.98. The monoisotopic (exact) mass is 634 g/mol. The Kier molecular flexibility index (Phi) is 5.70. The van der Waals surface area contributed by atoms with Crippen LogP contribution in [0.2, 0.25) is 0 Å². The Morgan fingerprint density at radius 1 is 0.260 bits per heavy atom. The Hall–Kier alpha value is -6.64. The third-order valence-electron chi connectivity index (χ3n) is 10.7. The summed E-state index contributed by atoms with van der Waals surface area (Å²) in [6.45, 7) is 0. The predicted molar refractivity (Wildman–Crippen MR) is 209 cm³/mol. The van der Waals surface area contributed by atoms with Gasteiger partial charge in [-0.2, -0.15) is 0 Å². The first-order chi connectivity index (χ1) is 24.8. The van der Waals surface area contributed by atoms with E-state index >= 15 is 0 Å². The van der Waals surface area contributed by atoms with Crippen molar-refractivity contribution >= 4 is 54.5 Å². The molecule has 2 N–H and O–H groups in total. The fraction of sp³-hybridized carbons (Fsp3) is 0. The van der Waals surface area contributed by atoms with Gasteiger partial charge in [0.15, 0.2) is 0 Å². The maximum Gasteiger partial charge on any atom is 0.0565 e. The van der Waals surface area contributed by atoms with Crippen molar-refractivity contribution < 1.29 is 0 Å². The molecule has 11 rings (SSSR count). The van der Waals surface area contributed by atoms with Crippen LogP contribution < -0.4 is 10.7 Å². The van der Waals surface area contributed by atoms with E-state index in [0.29, 0.717) is 0 Å². The summed E-state index contributed by atoms with van der Waals surface area (Å²) in [5, 5.41) is 9.29. The lowest BCUT2D eigenvalue weighted by Gasteiger charge is -2.12. The highest BCUT2D eigenvalue weighted by Crippen LogP contribution is 2.44. The number of H-pyrrole nitrogens is 2. The minimum absolute atomic E-state index is 1.07. The highest BCUT2D eigenvalue weighted by Gasteiger charge is 2.26.